The number of nitrogens with two attached hydrogens (primary N) is 1. The van der Waals surface area contributed by atoms with Gasteiger partial charge in [0.05, 0.1) is 0 Å². The summed E-state index contributed by atoms with van der Waals surface area (Å²) >= 11 is 0. The molecule has 1 saturated carbocycles. The lowest BCUT2D eigenvalue weighted by Gasteiger charge is -2.41. The van der Waals surface area contributed by atoms with Gasteiger partial charge in [0.15, 0.2) is 0 Å². The number of hydrogen-bond donors (Lipinski definition) is 2. The van der Waals surface area contributed by atoms with E-state index in [9.17, 15) is 9.59 Å². The first-order valence-corrected chi connectivity index (χ1v) is 12.4. The summed E-state index contributed by atoms with van der Waals surface area (Å²) in [4.78, 5) is 26.5. The Bertz CT molecular complexity index is 807. The number of nitrogens with zero attached hydrogens (tertiary/aromatic N) is 1. The molecule has 176 valence electrons. The summed E-state index contributed by atoms with van der Waals surface area (Å²) in [6, 6.07) is 8.35. The van der Waals surface area contributed by atoms with Crippen molar-refractivity contribution >= 4 is 11.8 Å². The standard InChI is InChI=1S/C26H39N3O3/c1-32-18-24(30)29(17-19-6-3-2-4-7-19)13-12-26-11-10-23(28-26)15-22(16-26)20-8-5-9-21(14-20)25(27)31/h5,8-9,14,19,22-23,28H,2-4,6-7,10-13,15-18H2,1H3,(H2,27,31)/t22?,23?,26-/m1/s1. The van der Waals surface area contributed by atoms with Gasteiger partial charge in [-0.05, 0) is 74.5 Å². The molecule has 0 radical (unpaired) electrons. The van der Waals surface area contributed by atoms with E-state index < -0.39 is 0 Å². The summed E-state index contributed by atoms with van der Waals surface area (Å²) in [6.07, 6.45) is 11.8. The van der Waals surface area contributed by atoms with E-state index in [1.165, 1.54) is 44.1 Å². The monoisotopic (exact) mass is 441 g/mol. The van der Waals surface area contributed by atoms with Gasteiger partial charge in [0, 0.05) is 37.3 Å². The van der Waals surface area contributed by atoms with Gasteiger partial charge in [0.2, 0.25) is 11.8 Å². The molecular formula is C26H39N3O3. The number of carbonyl (C=O) groups is 2. The van der Waals surface area contributed by atoms with Gasteiger partial charge >= 0.3 is 0 Å². The minimum Gasteiger partial charge on any atom is -0.375 e. The van der Waals surface area contributed by atoms with E-state index in [4.69, 9.17) is 10.5 Å². The molecule has 4 rings (SSSR count). The Kier molecular flexibility index (Phi) is 7.51. The second-order valence-electron chi connectivity index (χ2n) is 10.3. The molecule has 3 atom stereocenters. The normalized spacial score (nSPS) is 27.9. The van der Waals surface area contributed by atoms with Gasteiger partial charge in [-0.1, -0.05) is 31.4 Å². The van der Waals surface area contributed by atoms with Gasteiger partial charge < -0.3 is 20.7 Å². The van der Waals surface area contributed by atoms with E-state index in [1.54, 1.807) is 13.2 Å². The summed E-state index contributed by atoms with van der Waals surface area (Å²) in [5.74, 6) is 0.797. The first-order valence-electron chi connectivity index (χ1n) is 12.4. The van der Waals surface area contributed by atoms with Crippen LogP contribution in [0, 0.1) is 5.92 Å². The van der Waals surface area contributed by atoms with E-state index >= 15 is 0 Å². The van der Waals surface area contributed by atoms with Crippen molar-refractivity contribution in [1.29, 1.82) is 0 Å². The van der Waals surface area contributed by atoms with Crippen LogP contribution in [0.4, 0.5) is 0 Å². The van der Waals surface area contributed by atoms with E-state index in [2.05, 4.69) is 16.3 Å². The Labute approximate surface area is 192 Å². The third kappa shape index (κ3) is 5.52. The van der Waals surface area contributed by atoms with Crippen molar-refractivity contribution in [2.24, 2.45) is 11.7 Å². The Morgan fingerprint density at radius 1 is 1.22 bits per heavy atom. The van der Waals surface area contributed by atoms with Crippen molar-refractivity contribution in [2.75, 3.05) is 26.8 Å². The van der Waals surface area contributed by atoms with Crippen LogP contribution in [0.1, 0.15) is 86.0 Å². The van der Waals surface area contributed by atoms with Crippen molar-refractivity contribution in [3.05, 3.63) is 35.4 Å². The first kappa shape index (κ1) is 23.2. The highest BCUT2D eigenvalue weighted by Crippen LogP contribution is 2.45. The predicted molar refractivity (Wildman–Crippen MR) is 125 cm³/mol. The Morgan fingerprint density at radius 2 is 2.03 bits per heavy atom. The van der Waals surface area contributed by atoms with Crippen LogP contribution in [0.3, 0.4) is 0 Å². The minimum absolute atomic E-state index is 0.0640. The zero-order chi connectivity index (χ0) is 22.6. The highest BCUT2D eigenvalue weighted by atomic mass is 16.5. The van der Waals surface area contributed by atoms with Crippen LogP contribution in [-0.4, -0.2) is 55.1 Å². The number of carbonyl (C=O) groups excluding carboxylic acids is 2. The van der Waals surface area contributed by atoms with Crippen molar-refractivity contribution in [2.45, 2.75) is 81.7 Å². The lowest BCUT2D eigenvalue weighted by atomic mass is 9.77. The maximum Gasteiger partial charge on any atom is 0.248 e. The number of rotatable bonds is 9. The number of fused-ring (bicyclic) bond motifs is 2. The molecule has 32 heavy (non-hydrogen) atoms. The van der Waals surface area contributed by atoms with Crippen LogP contribution >= 0.6 is 0 Å². The summed E-state index contributed by atoms with van der Waals surface area (Å²) in [5.41, 5.74) is 7.39. The van der Waals surface area contributed by atoms with E-state index in [-0.39, 0.29) is 24.0 Å². The number of methoxy groups -OCH3 is 1. The van der Waals surface area contributed by atoms with Gasteiger partial charge in [-0.15, -0.1) is 0 Å². The molecule has 1 aromatic carbocycles. The van der Waals surface area contributed by atoms with Crippen molar-refractivity contribution < 1.29 is 14.3 Å². The average Bonchev–Trinajstić information content (AvgIpc) is 3.11. The van der Waals surface area contributed by atoms with Crippen LogP contribution in [0.25, 0.3) is 0 Å². The molecule has 3 fully saturated rings. The largest absolute Gasteiger partial charge is 0.375 e. The molecule has 2 heterocycles. The maximum atomic E-state index is 12.8. The topological polar surface area (TPSA) is 84.7 Å². The third-order valence-electron chi connectivity index (χ3n) is 8.01. The number of hydrogen-bond acceptors (Lipinski definition) is 4. The van der Waals surface area contributed by atoms with Gasteiger partial charge in [-0.3, -0.25) is 9.59 Å². The van der Waals surface area contributed by atoms with Gasteiger partial charge in [0.25, 0.3) is 0 Å². The van der Waals surface area contributed by atoms with Crippen LogP contribution in [0.2, 0.25) is 0 Å². The van der Waals surface area contributed by atoms with Gasteiger partial charge in [-0.25, -0.2) is 0 Å². The Hall–Kier alpha value is -1.92. The summed E-state index contributed by atoms with van der Waals surface area (Å²) in [5, 5.41) is 3.91. The molecule has 1 aromatic rings. The van der Waals surface area contributed by atoms with Crippen LogP contribution in [-0.2, 0) is 9.53 Å². The molecule has 0 spiro atoms. The quantitative estimate of drug-likeness (QED) is 0.613. The maximum absolute atomic E-state index is 12.8. The van der Waals surface area contributed by atoms with Crippen LogP contribution in [0.15, 0.2) is 24.3 Å². The number of benzene rings is 1. The average molecular weight is 442 g/mol. The highest BCUT2D eigenvalue weighted by Gasteiger charge is 2.45. The fourth-order valence-corrected chi connectivity index (χ4v) is 6.33. The highest BCUT2D eigenvalue weighted by molar-refractivity contribution is 5.92. The van der Waals surface area contributed by atoms with Gasteiger partial charge in [0.1, 0.15) is 6.61 Å². The molecule has 0 aromatic heterocycles. The molecule has 2 unspecified atom stereocenters. The number of ether oxygens (including phenoxy) is 1. The predicted octanol–water partition coefficient (Wildman–Crippen LogP) is 3.60. The Balaban J connectivity index is 1.43. The number of piperidine rings is 1. The summed E-state index contributed by atoms with van der Waals surface area (Å²) in [6.45, 7) is 1.82. The molecule has 1 aliphatic carbocycles. The van der Waals surface area contributed by atoms with Crippen LogP contribution < -0.4 is 11.1 Å². The molecule has 2 saturated heterocycles. The SMILES string of the molecule is COCC(=O)N(CC[C@]12CCC(CC(c3cccc(C(N)=O)c3)C1)N2)CC1CCCCC1. The fourth-order valence-electron chi connectivity index (χ4n) is 6.33. The van der Waals surface area contributed by atoms with Crippen molar-refractivity contribution in [1.82, 2.24) is 10.2 Å². The second-order valence-corrected chi connectivity index (χ2v) is 10.3. The molecular weight excluding hydrogens is 402 g/mol. The molecule has 3 N–H and O–H groups in total. The number of nitrogens with one attached hydrogen (secondary N) is 1. The van der Waals surface area contributed by atoms with E-state index in [0.29, 0.717) is 23.4 Å². The lowest BCUT2D eigenvalue weighted by molar-refractivity contribution is -0.136. The van der Waals surface area contributed by atoms with E-state index in [0.717, 1.165) is 38.8 Å². The fraction of sp³-hybridized carbons (Fsp3) is 0.692. The first-order chi connectivity index (χ1) is 15.5. The molecule has 6 nitrogen and oxygen atoms in total. The molecule has 2 amide bonds. The zero-order valence-electron chi connectivity index (χ0n) is 19.5. The molecule has 2 bridgehead atoms. The van der Waals surface area contributed by atoms with Crippen molar-refractivity contribution in [3.8, 4) is 0 Å². The number of amides is 2. The second kappa shape index (κ2) is 10.3. The molecule has 3 aliphatic rings. The number of primary amides is 1. The third-order valence-corrected chi connectivity index (χ3v) is 8.01. The summed E-state index contributed by atoms with van der Waals surface area (Å²) < 4.78 is 5.19. The van der Waals surface area contributed by atoms with E-state index in [1.807, 2.05) is 12.1 Å². The van der Waals surface area contributed by atoms with Crippen molar-refractivity contribution in [3.63, 3.8) is 0 Å². The minimum atomic E-state index is -0.367. The smallest absolute Gasteiger partial charge is 0.248 e. The zero-order valence-corrected chi connectivity index (χ0v) is 19.5. The summed E-state index contributed by atoms with van der Waals surface area (Å²) in [7, 11) is 1.60. The lowest BCUT2D eigenvalue weighted by Crippen LogP contribution is -2.51. The van der Waals surface area contributed by atoms with Gasteiger partial charge in [-0.2, -0.15) is 0 Å². The molecule has 2 aliphatic heterocycles. The molecule has 6 heteroatoms. The van der Waals surface area contributed by atoms with Crippen LogP contribution in [0.5, 0.6) is 0 Å². The Morgan fingerprint density at radius 3 is 2.78 bits per heavy atom.